The molecule has 0 amide bonds. The zero-order chi connectivity index (χ0) is 14.1. The molecule has 1 atom stereocenters. The van der Waals surface area contributed by atoms with E-state index in [-0.39, 0.29) is 0 Å². The van der Waals surface area contributed by atoms with Gasteiger partial charge in [-0.3, -0.25) is 4.90 Å². The lowest BCUT2D eigenvalue weighted by molar-refractivity contribution is 0.0724. The maximum atomic E-state index is 5.31. The lowest BCUT2D eigenvalue weighted by Gasteiger charge is -2.39. The topological polar surface area (TPSA) is 24.5 Å². The molecule has 1 saturated heterocycles. The first-order valence-corrected chi connectivity index (χ1v) is 8.15. The molecule has 0 saturated carbocycles. The number of rotatable bonds is 10. The number of nitrogens with zero attached hydrogens (tertiary/aromatic N) is 1. The van der Waals surface area contributed by atoms with Crippen molar-refractivity contribution >= 4 is 0 Å². The molecule has 1 rings (SSSR count). The van der Waals surface area contributed by atoms with Gasteiger partial charge in [-0.1, -0.05) is 27.2 Å². The van der Waals surface area contributed by atoms with Crippen molar-refractivity contribution in [3.05, 3.63) is 0 Å². The van der Waals surface area contributed by atoms with Crippen molar-refractivity contribution in [2.24, 2.45) is 5.41 Å². The fraction of sp³-hybridized carbons (Fsp3) is 1.00. The predicted molar refractivity (Wildman–Crippen MR) is 82.6 cm³/mol. The van der Waals surface area contributed by atoms with Gasteiger partial charge in [0.2, 0.25) is 0 Å². The smallest absolute Gasteiger partial charge is 0.0589 e. The molecular formula is C16H34N2O. The molecule has 1 N–H and O–H groups in total. The quantitative estimate of drug-likeness (QED) is 0.660. The molecule has 114 valence electrons. The van der Waals surface area contributed by atoms with Gasteiger partial charge in [0, 0.05) is 32.8 Å². The summed E-state index contributed by atoms with van der Waals surface area (Å²) in [5, 5.41) is 3.58. The largest absolute Gasteiger partial charge is 0.383 e. The third-order valence-electron chi connectivity index (χ3n) is 4.69. The molecule has 0 aromatic carbocycles. The maximum Gasteiger partial charge on any atom is 0.0589 e. The molecule has 3 nitrogen and oxygen atoms in total. The van der Waals surface area contributed by atoms with Crippen LogP contribution in [0.2, 0.25) is 0 Å². The molecule has 1 aliphatic rings. The van der Waals surface area contributed by atoms with Crippen molar-refractivity contribution in [2.45, 2.75) is 58.9 Å². The van der Waals surface area contributed by atoms with E-state index in [2.05, 4.69) is 31.0 Å². The van der Waals surface area contributed by atoms with Gasteiger partial charge >= 0.3 is 0 Å². The third-order valence-corrected chi connectivity index (χ3v) is 4.69. The van der Waals surface area contributed by atoms with Crippen LogP contribution in [-0.2, 0) is 4.74 Å². The fourth-order valence-electron chi connectivity index (χ4n) is 3.59. The normalized spacial score (nSPS) is 23.7. The average molecular weight is 270 g/mol. The summed E-state index contributed by atoms with van der Waals surface area (Å²) in [5.74, 6) is 0. The lowest BCUT2D eigenvalue weighted by atomic mass is 9.81. The van der Waals surface area contributed by atoms with Crippen LogP contribution in [0.3, 0.4) is 0 Å². The number of hydrogen-bond acceptors (Lipinski definition) is 3. The van der Waals surface area contributed by atoms with E-state index < -0.39 is 0 Å². The Morgan fingerprint density at radius 1 is 1.26 bits per heavy atom. The summed E-state index contributed by atoms with van der Waals surface area (Å²) in [6, 6.07) is 0.712. The van der Waals surface area contributed by atoms with Gasteiger partial charge in [0.15, 0.2) is 0 Å². The second kappa shape index (κ2) is 8.93. The molecule has 0 aliphatic carbocycles. The van der Waals surface area contributed by atoms with E-state index in [1.165, 1.54) is 51.7 Å². The van der Waals surface area contributed by atoms with E-state index in [1.807, 2.05) is 7.11 Å². The van der Waals surface area contributed by atoms with E-state index in [9.17, 15) is 0 Å². The Balaban J connectivity index is 2.67. The molecule has 1 heterocycles. The summed E-state index contributed by atoms with van der Waals surface area (Å²) < 4.78 is 5.31. The molecule has 19 heavy (non-hydrogen) atoms. The minimum Gasteiger partial charge on any atom is -0.383 e. The predicted octanol–water partition coefficient (Wildman–Crippen LogP) is 2.90. The van der Waals surface area contributed by atoms with Gasteiger partial charge in [-0.25, -0.2) is 0 Å². The second-order valence-corrected chi connectivity index (χ2v) is 6.11. The molecule has 1 unspecified atom stereocenters. The molecule has 1 fully saturated rings. The SMILES string of the molecule is CCCC1(CN(CCOC)C(CC)CC)CCNC1. The van der Waals surface area contributed by atoms with Gasteiger partial charge < -0.3 is 10.1 Å². The Bertz CT molecular complexity index is 223. The number of nitrogens with one attached hydrogen (secondary N) is 1. The minimum absolute atomic E-state index is 0.505. The van der Waals surface area contributed by atoms with Crippen LogP contribution in [0.15, 0.2) is 0 Å². The van der Waals surface area contributed by atoms with Crippen LogP contribution < -0.4 is 5.32 Å². The Labute approximate surface area is 120 Å². The van der Waals surface area contributed by atoms with Gasteiger partial charge in [-0.05, 0) is 37.6 Å². The van der Waals surface area contributed by atoms with Crippen LogP contribution in [0.4, 0.5) is 0 Å². The van der Waals surface area contributed by atoms with Gasteiger partial charge in [0.25, 0.3) is 0 Å². The van der Waals surface area contributed by atoms with E-state index in [0.29, 0.717) is 11.5 Å². The number of hydrogen-bond donors (Lipinski definition) is 1. The van der Waals surface area contributed by atoms with Gasteiger partial charge in [-0.15, -0.1) is 0 Å². The molecule has 0 aromatic heterocycles. The Hall–Kier alpha value is -0.120. The van der Waals surface area contributed by atoms with Gasteiger partial charge in [-0.2, -0.15) is 0 Å². The summed E-state index contributed by atoms with van der Waals surface area (Å²) in [6.07, 6.45) is 6.47. The first-order valence-electron chi connectivity index (χ1n) is 8.15. The van der Waals surface area contributed by atoms with Crippen molar-refractivity contribution in [3.63, 3.8) is 0 Å². The summed E-state index contributed by atoms with van der Waals surface area (Å²) in [5.41, 5.74) is 0.505. The van der Waals surface area contributed by atoms with Crippen molar-refractivity contribution < 1.29 is 4.74 Å². The highest BCUT2D eigenvalue weighted by molar-refractivity contribution is 4.91. The summed E-state index contributed by atoms with van der Waals surface area (Å²) >= 11 is 0. The molecule has 0 radical (unpaired) electrons. The van der Waals surface area contributed by atoms with Gasteiger partial charge in [0.1, 0.15) is 0 Å². The maximum absolute atomic E-state index is 5.31. The highest BCUT2D eigenvalue weighted by Crippen LogP contribution is 2.33. The molecule has 0 bridgehead atoms. The van der Waals surface area contributed by atoms with Crippen LogP contribution >= 0.6 is 0 Å². The molecule has 0 spiro atoms. The second-order valence-electron chi connectivity index (χ2n) is 6.11. The molecule has 1 aliphatic heterocycles. The van der Waals surface area contributed by atoms with E-state index >= 15 is 0 Å². The van der Waals surface area contributed by atoms with Crippen molar-refractivity contribution in [3.8, 4) is 0 Å². The minimum atomic E-state index is 0.505. The molecule has 3 heteroatoms. The number of methoxy groups -OCH3 is 1. The van der Waals surface area contributed by atoms with Gasteiger partial charge in [0.05, 0.1) is 6.61 Å². The Morgan fingerprint density at radius 2 is 2.00 bits per heavy atom. The van der Waals surface area contributed by atoms with Crippen LogP contribution in [0, 0.1) is 5.41 Å². The van der Waals surface area contributed by atoms with E-state index in [0.717, 1.165) is 13.2 Å². The lowest BCUT2D eigenvalue weighted by Crippen LogP contribution is -2.45. The zero-order valence-electron chi connectivity index (χ0n) is 13.5. The Kier molecular flexibility index (Phi) is 7.96. The molecule has 0 aromatic rings. The Morgan fingerprint density at radius 3 is 2.47 bits per heavy atom. The first kappa shape index (κ1) is 16.9. The standard InChI is InChI=1S/C16H34N2O/c1-5-8-16(9-10-17-13-16)14-18(11-12-19-4)15(6-2)7-3/h15,17H,5-14H2,1-4H3. The van der Waals surface area contributed by atoms with Crippen molar-refractivity contribution in [1.82, 2.24) is 10.2 Å². The van der Waals surface area contributed by atoms with Crippen molar-refractivity contribution in [1.29, 1.82) is 0 Å². The van der Waals surface area contributed by atoms with Crippen LogP contribution in [-0.4, -0.2) is 50.8 Å². The molecular weight excluding hydrogens is 236 g/mol. The monoisotopic (exact) mass is 270 g/mol. The van der Waals surface area contributed by atoms with Crippen LogP contribution in [0.1, 0.15) is 52.9 Å². The highest BCUT2D eigenvalue weighted by Gasteiger charge is 2.35. The van der Waals surface area contributed by atoms with Crippen LogP contribution in [0.5, 0.6) is 0 Å². The summed E-state index contributed by atoms with van der Waals surface area (Å²) in [7, 11) is 1.81. The third kappa shape index (κ3) is 5.05. The average Bonchev–Trinajstić information content (AvgIpc) is 2.86. The van der Waals surface area contributed by atoms with E-state index in [1.54, 1.807) is 0 Å². The van der Waals surface area contributed by atoms with Crippen molar-refractivity contribution in [2.75, 3.05) is 39.9 Å². The zero-order valence-corrected chi connectivity index (χ0v) is 13.5. The number of ether oxygens (including phenoxy) is 1. The fourth-order valence-corrected chi connectivity index (χ4v) is 3.59. The highest BCUT2D eigenvalue weighted by atomic mass is 16.5. The summed E-state index contributed by atoms with van der Waals surface area (Å²) in [6.45, 7) is 12.5. The summed E-state index contributed by atoms with van der Waals surface area (Å²) in [4.78, 5) is 2.69. The van der Waals surface area contributed by atoms with Crippen LogP contribution in [0.25, 0.3) is 0 Å². The first-order chi connectivity index (χ1) is 9.21. The van der Waals surface area contributed by atoms with E-state index in [4.69, 9.17) is 4.74 Å².